The van der Waals surface area contributed by atoms with E-state index < -0.39 is 84.9 Å². The Balaban J connectivity index is 5.66. The minimum atomic E-state index is -1.33. The van der Waals surface area contributed by atoms with Crippen LogP contribution in [-0.2, 0) is 28.8 Å². The van der Waals surface area contributed by atoms with Gasteiger partial charge in [-0.3, -0.25) is 28.8 Å². The second-order valence-corrected chi connectivity index (χ2v) is 14.8. The van der Waals surface area contributed by atoms with E-state index in [2.05, 4.69) is 26.6 Å². The van der Waals surface area contributed by atoms with Crippen molar-refractivity contribution in [2.24, 2.45) is 23.7 Å². The largest absolute Gasteiger partial charge is 0.481 e. The summed E-state index contributed by atoms with van der Waals surface area (Å²) in [5.74, 6) is -3.81. The lowest BCUT2D eigenvalue weighted by atomic mass is 9.96. The molecule has 1 unspecified atom stereocenters. The van der Waals surface area contributed by atoms with Gasteiger partial charge in [0.2, 0.25) is 29.5 Å². The Morgan fingerprint density at radius 1 is 0.571 bits per heavy atom. The number of unbranched alkanes of at least 4 members (excludes halogenated alkanes) is 1. The molecule has 0 radical (unpaired) electrons. The number of aliphatic hydroxyl groups is 2. The van der Waals surface area contributed by atoms with E-state index in [1.165, 1.54) is 6.92 Å². The van der Waals surface area contributed by atoms with E-state index in [9.17, 15) is 39.0 Å². The predicted molar refractivity (Wildman–Crippen MR) is 187 cm³/mol. The Morgan fingerprint density at radius 3 is 1.51 bits per heavy atom. The van der Waals surface area contributed by atoms with Crippen LogP contribution in [0, 0.1) is 23.7 Å². The number of carboxylic acid groups (broad SMARTS) is 1. The van der Waals surface area contributed by atoms with Gasteiger partial charge in [0.25, 0.3) is 0 Å². The van der Waals surface area contributed by atoms with Crippen molar-refractivity contribution in [2.45, 2.75) is 163 Å². The first-order valence-electron chi connectivity index (χ1n) is 17.8. The molecule has 284 valence electrons. The van der Waals surface area contributed by atoms with Gasteiger partial charge < -0.3 is 41.9 Å². The molecule has 0 saturated carbocycles. The van der Waals surface area contributed by atoms with Gasteiger partial charge in [0.15, 0.2) is 0 Å². The van der Waals surface area contributed by atoms with Crippen LogP contribution in [0.3, 0.4) is 0 Å². The van der Waals surface area contributed by atoms with Gasteiger partial charge in [0.05, 0.1) is 37.1 Å². The normalized spacial score (nSPS) is 15.9. The Bertz CT molecular complexity index is 1070. The lowest BCUT2D eigenvalue weighted by Crippen LogP contribution is -2.57. The molecule has 49 heavy (non-hydrogen) atoms. The average Bonchev–Trinajstić information content (AvgIpc) is 2.95. The summed E-state index contributed by atoms with van der Waals surface area (Å²) in [7, 11) is 0. The number of aliphatic hydroxyl groups excluding tert-OH is 2. The Kier molecular flexibility index (Phi) is 21.7. The zero-order valence-corrected chi connectivity index (χ0v) is 31.3. The van der Waals surface area contributed by atoms with Crippen LogP contribution in [0.25, 0.3) is 0 Å². The van der Waals surface area contributed by atoms with E-state index in [0.29, 0.717) is 25.7 Å². The first kappa shape index (κ1) is 45.7. The zero-order chi connectivity index (χ0) is 38.0. The first-order valence-corrected chi connectivity index (χ1v) is 17.8. The zero-order valence-electron chi connectivity index (χ0n) is 31.3. The molecule has 7 atom stereocenters. The standard InChI is InChI=1S/C35H65N5O9/c1-11-12-13-24(37-35(49)32(22(8)9)40-29(43)16-21(6)7)34(48)39-25(14-19(2)3)27(41)17-30(44)36-23(10)33(47)38-26(15-20(4)5)28(42)18-31(45)46/h19-28,32,41-42H,11-18H2,1-10H3,(H,36,44)(H,37,49)(H,38,47)(H,39,48)(H,40,43)(H,45,46)/t23-,24-,25?,26-,27-,28-,32-/m0/s1. The molecule has 0 heterocycles. The van der Waals surface area contributed by atoms with Crippen LogP contribution < -0.4 is 26.6 Å². The van der Waals surface area contributed by atoms with E-state index in [0.717, 1.165) is 6.42 Å². The van der Waals surface area contributed by atoms with Crippen LogP contribution in [0.2, 0.25) is 0 Å². The van der Waals surface area contributed by atoms with Crippen LogP contribution in [-0.4, -0.2) is 93.2 Å². The van der Waals surface area contributed by atoms with E-state index in [1.807, 2.05) is 48.5 Å². The van der Waals surface area contributed by atoms with Crippen LogP contribution in [0.1, 0.15) is 121 Å². The molecule has 0 bridgehead atoms. The van der Waals surface area contributed by atoms with Crippen LogP contribution in [0.5, 0.6) is 0 Å². The van der Waals surface area contributed by atoms with Gasteiger partial charge in [-0.15, -0.1) is 0 Å². The van der Waals surface area contributed by atoms with Crippen LogP contribution in [0.4, 0.5) is 0 Å². The predicted octanol–water partition coefficient (Wildman–Crippen LogP) is 2.00. The summed E-state index contributed by atoms with van der Waals surface area (Å²) in [5.41, 5.74) is 0. The van der Waals surface area contributed by atoms with Gasteiger partial charge >= 0.3 is 5.97 Å². The third-order valence-electron chi connectivity index (χ3n) is 7.92. The second kappa shape index (κ2) is 23.2. The number of carbonyl (C=O) groups excluding carboxylic acids is 5. The number of aliphatic carboxylic acids is 1. The molecule has 0 saturated heterocycles. The lowest BCUT2D eigenvalue weighted by Gasteiger charge is -2.30. The summed E-state index contributed by atoms with van der Waals surface area (Å²) in [4.78, 5) is 76.2. The molecule has 8 N–H and O–H groups in total. The van der Waals surface area contributed by atoms with E-state index >= 15 is 0 Å². The third kappa shape index (κ3) is 19.5. The molecule has 0 spiro atoms. The number of hydrogen-bond acceptors (Lipinski definition) is 8. The Labute approximate surface area is 292 Å². The summed E-state index contributed by atoms with van der Waals surface area (Å²) in [6.45, 7) is 18.3. The number of hydrogen-bond donors (Lipinski definition) is 8. The average molecular weight is 700 g/mol. The van der Waals surface area contributed by atoms with Gasteiger partial charge in [0.1, 0.15) is 18.1 Å². The second-order valence-electron chi connectivity index (χ2n) is 14.8. The van der Waals surface area contributed by atoms with Crippen molar-refractivity contribution in [3.05, 3.63) is 0 Å². The van der Waals surface area contributed by atoms with Crippen LogP contribution in [0.15, 0.2) is 0 Å². The fourth-order valence-electron chi connectivity index (χ4n) is 5.33. The van der Waals surface area contributed by atoms with Crippen molar-refractivity contribution in [1.29, 1.82) is 0 Å². The molecule has 0 rings (SSSR count). The van der Waals surface area contributed by atoms with Gasteiger partial charge in [-0.25, -0.2) is 0 Å². The third-order valence-corrected chi connectivity index (χ3v) is 7.92. The molecule has 0 aromatic heterocycles. The van der Waals surface area contributed by atoms with Gasteiger partial charge in [-0.2, -0.15) is 0 Å². The van der Waals surface area contributed by atoms with Crippen molar-refractivity contribution >= 4 is 35.5 Å². The number of amides is 5. The summed E-state index contributed by atoms with van der Waals surface area (Å²) < 4.78 is 0. The topological polar surface area (TPSA) is 223 Å². The fourth-order valence-corrected chi connectivity index (χ4v) is 5.33. The number of carbonyl (C=O) groups is 6. The van der Waals surface area contributed by atoms with Gasteiger partial charge in [-0.05, 0) is 49.9 Å². The summed E-state index contributed by atoms with van der Waals surface area (Å²) in [6, 6.07) is -4.54. The minimum Gasteiger partial charge on any atom is -0.481 e. The van der Waals surface area contributed by atoms with Crippen molar-refractivity contribution in [1.82, 2.24) is 26.6 Å². The van der Waals surface area contributed by atoms with Gasteiger partial charge in [-0.1, -0.05) is 75.2 Å². The highest BCUT2D eigenvalue weighted by Gasteiger charge is 2.32. The quantitative estimate of drug-likeness (QED) is 0.0737. The molecule has 0 aliphatic heterocycles. The fraction of sp³-hybridized carbons (Fsp3) is 0.829. The van der Waals surface area contributed by atoms with Gasteiger partial charge in [0, 0.05) is 6.42 Å². The maximum absolute atomic E-state index is 13.6. The van der Waals surface area contributed by atoms with E-state index in [4.69, 9.17) is 5.11 Å². The molecule has 14 heteroatoms. The molecular formula is C35H65N5O9. The minimum absolute atomic E-state index is 0.0213. The molecule has 0 fully saturated rings. The lowest BCUT2D eigenvalue weighted by molar-refractivity contribution is -0.140. The van der Waals surface area contributed by atoms with Crippen molar-refractivity contribution in [3.8, 4) is 0 Å². The molecular weight excluding hydrogens is 634 g/mol. The molecule has 0 aromatic carbocycles. The monoisotopic (exact) mass is 699 g/mol. The highest BCUT2D eigenvalue weighted by Crippen LogP contribution is 2.15. The molecule has 0 aromatic rings. The van der Waals surface area contributed by atoms with Crippen molar-refractivity contribution < 1.29 is 44.1 Å². The summed E-state index contributed by atoms with van der Waals surface area (Å²) >= 11 is 0. The molecule has 0 aliphatic carbocycles. The highest BCUT2D eigenvalue weighted by atomic mass is 16.4. The summed E-state index contributed by atoms with van der Waals surface area (Å²) in [5, 5.41) is 44.0. The summed E-state index contributed by atoms with van der Waals surface area (Å²) in [6.07, 6.45) is -1.00. The highest BCUT2D eigenvalue weighted by molar-refractivity contribution is 5.92. The smallest absolute Gasteiger partial charge is 0.306 e. The maximum atomic E-state index is 13.6. The van der Waals surface area contributed by atoms with Crippen molar-refractivity contribution in [2.75, 3.05) is 0 Å². The van der Waals surface area contributed by atoms with Crippen molar-refractivity contribution in [3.63, 3.8) is 0 Å². The number of carboxylic acids is 1. The van der Waals surface area contributed by atoms with E-state index in [-0.39, 0.29) is 36.0 Å². The molecule has 14 nitrogen and oxygen atoms in total. The Morgan fingerprint density at radius 2 is 1.06 bits per heavy atom. The SMILES string of the molecule is CCCC[C@H](NC(=O)[C@@H](NC(=O)CC(C)C)C(C)C)C(=O)NC(CC(C)C)[C@@H](O)CC(=O)N[C@@H](C)C(=O)N[C@@H](CC(C)C)[C@@H](O)CC(=O)O. The maximum Gasteiger partial charge on any atom is 0.306 e. The number of nitrogens with one attached hydrogen (secondary N) is 5. The van der Waals surface area contributed by atoms with E-state index in [1.54, 1.807) is 13.8 Å². The molecule has 5 amide bonds. The Hall–Kier alpha value is -3.26. The number of rotatable bonds is 24. The molecule has 0 aliphatic rings. The first-order chi connectivity index (χ1) is 22.7. The van der Waals surface area contributed by atoms with Crippen LogP contribution >= 0.6 is 0 Å².